The van der Waals surface area contributed by atoms with Gasteiger partial charge in [0, 0.05) is 36.2 Å². The van der Waals surface area contributed by atoms with E-state index in [9.17, 15) is 4.79 Å². The van der Waals surface area contributed by atoms with Gasteiger partial charge in [-0.3, -0.25) is 4.79 Å². The number of hydrogen-bond donors (Lipinski definition) is 1. The maximum Gasteiger partial charge on any atom is 0.222 e. The van der Waals surface area contributed by atoms with Gasteiger partial charge in [-0.25, -0.2) is 0 Å². The highest BCUT2D eigenvalue weighted by Crippen LogP contribution is 2.11. The Hall–Kier alpha value is -0.620. The largest absolute Gasteiger partial charge is 0.344 e. The normalized spacial score (nSPS) is 20.7. The van der Waals surface area contributed by atoms with Gasteiger partial charge in [-0.1, -0.05) is 12.1 Å². The van der Waals surface area contributed by atoms with Crippen LogP contribution in [0.1, 0.15) is 18.4 Å². The number of nitrogens with one attached hydrogen (secondary N) is 1. The van der Waals surface area contributed by atoms with E-state index in [0.717, 1.165) is 19.5 Å². The summed E-state index contributed by atoms with van der Waals surface area (Å²) in [5.41, 5.74) is 1.30. The molecule has 3 nitrogen and oxygen atoms in total. The molecule has 1 saturated heterocycles. The molecule has 1 aromatic carbocycles. The van der Waals surface area contributed by atoms with E-state index >= 15 is 0 Å². The van der Waals surface area contributed by atoms with E-state index in [4.69, 9.17) is 0 Å². The molecule has 1 fully saturated rings. The molecule has 0 radical (unpaired) electrons. The Labute approximate surface area is 116 Å². The number of carbonyl (C=O) groups is 1. The van der Waals surface area contributed by atoms with Crippen molar-refractivity contribution in [2.45, 2.75) is 25.4 Å². The molecule has 0 spiro atoms. The fourth-order valence-electron chi connectivity index (χ4n) is 2.04. The zero-order valence-electron chi connectivity index (χ0n) is 9.95. The van der Waals surface area contributed by atoms with Crippen LogP contribution in [0.4, 0.5) is 0 Å². The third kappa shape index (κ3) is 3.67. The number of likely N-dealkylation sites (N-methyl/N-ethyl adjacent to an activating group) is 1. The first kappa shape index (κ1) is 12.8. The summed E-state index contributed by atoms with van der Waals surface area (Å²) >= 11 is 2.31. The second-order valence-corrected chi connectivity index (χ2v) is 5.76. The van der Waals surface area contributed by atoms with E-state index in [1.165, 1.54) is 9.13 Å². The molecule has 1 aliphatic rings. The zero-order chi connectivity index (χ0) is 12.3. The van der Waals surface area contributed by atoms with E-state index in [-0.39, 0.29) is 5.91 Å². The summed E-state index contributed by atoms with van der Waals surface area (Å²) in [6.07, 6.45) is 1.62. The van der Waals surface area contributed by atoms with Crippen molar-refractivity contribution in [2.24, 2.45) is 0 Å². The number of amides is 1. The van der Waals surface area contributed by atoms with Crippen molar-refractivity contribution in [3.05, 3.63) is 33.4 Å². The van der Waals surface area contributed by atoms with Crippen molar-refractivity contribution in [2.75, 3.05) is 13.6 Å². The van der Waals surface area contributed by atoms with E-state index in [2.05, 4.69) is 52.2 Å². The minimum Gasteiger partial charge on any atom is -0.344 e. The molecule has 0 saturated carbocycles. The third-order valence-electron chi connectivity index (χ3n) is 3.13. The van der Waals surface area contributed by atoms with Crippen molar-refractivity contribution in [1.82, 2.24) is 10.2 Å². The standard InChI is InChI=1S/C13H17IN2O/c1-16-9-12(6-7-13(16)17)15-8-10-2-4-11(14)5-3-10/h2-5,12,15H,6-9H2,1H3. The fraction of sp³-hybridized carbons (Fsp3) is 0.462. The van der Waals surface area contributed by atoms with Gasteiger partial charge in [0.1, 0.15) is 0 Å². The van der Waals surface area contributed by atoms with Gasteiger partial charge in [0.2, 0.25) is 5.91 Å². The number of rotatable bonds is 3. The molecule has 1 heterocycles. The molecule has 17 heavy (non-hydrogen) atoms. The molecule has 1 N–H and O–H groups in total. The SMILES string of the molecule is CN1CC(NCc2ccc(I)cc2)CCC1=O. The molecule has 1 aromatic rings. The van der Waals surface area contributed by atoms with E-state index in [0.29, 0.717) is 12.5 Å². The lowest BCUT2D eigenvalue weighted by atomic mass is 10.1. The van der Waals surface area contributed by atoms with Gasteiger partial charge < -0.3 is 10.2 Å². The van der Waals surface area contributed by atoms with Crippen LogP contribution in [0.3, 0.4) is 0 Å². The summed E-state index contributed by atoms with van der Waals surface area (Å²) in [5.74, 6) is 0.261. The van der Waals surface area contributed by atoms with Crippen LogP contribution in [0.2, 0.25) is 0 Å². The molecule has 1 unspecified atom stereocenters. The van der Waals surface area contributed by atoms with Gasteiger partial charge in [-0.05, 0) is 46.7 Å². The second kappa shape index (κ2) is 5.82. The number of likely N-dealkylation sites (tertiary alicyclic amines) is 1. The second-order valence-electron chi connectivity index (χ2n) is 4.52. The van der Waals surface area contributed by atoms with Gasteiger partial charge >= 0.3 is 0 Å². The average molecular weight is 344 g/mol. The molecule has 0 aliphatic carbocycles. The number of piperidine rings is 1. The Morgan fingerprint density at radius 1 is 1.41 bits per heavy atom. The van der Waals surface area contributed by atoms with Gasteiger partial charge in [-0.2, -0.15) is 0 Å². The van der Waals surface area contributed by atoms with E-state index < -0.39 is 0 Å². The van der Waals surface area contributed by atoms with Crippen molar-refractivity contribution < 1.29 is 4.79 Å². The molecule has 92 valence electrons. The maximum atomic E-state index is 11.3. The fourth-order valence-corrected chi connectivity index (χ4v) is 2.40. The molecule has 1 amide bonds. The van der Waals surface area contributed by atoms with Crippen molar-refractivity contribution in [3.63, 3.8) is 0 Å². The highest BCUT2D eigenvalue weighted by Gasteiger charge is 2.21. The smallest absolute Gasteiger partial charge is 0.222 e. The summed E-state index contributed by atoms with van der Waals surface area (Å²) < 4.78 is 1.26. The van der Waals surface area contributed by atoms with Crippen molar-refractivity contribution >= 4 is 28.5 Å². The monoisotopic (exact) mass is 344 g/mol. The van der Waals surface area contributed by atoms with Crippen LogP contribution >= 0.6 is 22.6 Å². The van der Waals surface area contributed by atoms with E-state index in [1.807, 2.05) is 11.9 Å². The highest BCUT2D eigenvalue weighted by molar-refractivity contribution is 14.1. The summed E-state index contributed by atoms with van der Waals surface area (Å²) in [7, 11) is 1.88. The summed E-state index contributed by atoms with van der Waals surface area (Å²) in [6.45, 7) is 1.70. The number of halogens is 1. The molecular weight excluding hydrogens is 327 g/mol. The van der Waals surface area contributed by atoms with Crippen LogP contribution in [0, 0.1) is 3.57 Å². The van der Waals surface area contributed by atoms with Crippen molar-refractivity contribution in [3.8, 4) is 0 Å². The molecule has 0 bridgehead atoms. The Bertz CT molecular complexity index is 391. The Morgan fingerprint density at radius 3 is 2.76 bits per heavy atom. The quantitative estimate of drug-likeness (QED) is 0.851. The molecular formula is C13H17IN2O. The first-order chi connectivity index (χ1) is 8.15. The average Bonchev–Trinajstić information content (AvgIpc) is 2.33. The third-order valence-corrected chi connectivity index (χ3v) is 3.85. The van der Waals surface area contributed by atoms with Gasteiger partial charge in [0.05, 0.1) is 0 Å². The number of nitrogens with zero attached hydrogens (tertiary/aromatic N) is 1. The summed E-state index contributed by atoms with van der Waals surface area (Å²) in [5, 5.41) is 3.51. The van der Waals surface area contributed by atoms with E-state index in [1.54, 1.807) is 0 Å². The van der Waals surface area contributed by atoms with Crippen LogP contribution in [0.15, 0.2) is 24.3 Å². The number of carbonyl (C=O) groups excluding carboxylic acids is 1. The molecule has 1 atom stereocenters. The molecule has 2 rings (SSSR count). The minimum absolute atomic E-state index is 0.261. The van der Waals surface area contributed by atoms with Gasteiger partial charge in [-0.15, -0.1) is 0 Å². The van der Waals surface area contributed by atoms with Gasteiger partial charge in [0.25, 0.3) is 0 Å². The summed E-state index contributed by atoms with van der Waals surface area (Å²) in [4.78, 5) is 13.2. The van der Waals surface area contributed by atoms with Gasteiger partial charge in [0.15, 0.2) is 0 Å². The molecule has 0 aromatic heterocycles. The topological polar surface area (TPSA) is 32.3 Å². The number of benzene rings is 1. The minimum atomic E-state index is 0.261. The molecule has 1 aliphatic heterocycles. The maximum absolute atomic E-state index is 11.3. The lowest BCUT2D eigenvalue weighted by Gasteiger charge is -2.30. The lowest BCUT2D eigenvalue weighted by Crippen LogP contribution is -2.46. The van der Waals surface area contributed by atoms with Crippen LogP contribution in [-0.4, -0.2) is 30.4 Å². The van der Waals surface area contributed by atoms with Crippen molar-refractivity contribution in [1.29, 1.82) is 0 Å². The predicted octanol–water partition coefficient (Wildman–Crippen LogP) is 2.00. The first-order valence-corrected chi connectivity index (χ1v) is 6.95. The number of hydrogen-bond acceptors (Lipinski definition) is 2. The predicted molar refractivity (Wildman–Crippen MR) is 76.7 cm³/mol. The first-order valence-electron chi connectivity index (χ1n) is 5.87. The molecule has 4 heteroatoms. The van der Waals surface area contributed by atoms with Crippen LogP contribution < -0.4 is 5.32 Å². The van der Waals surface area contributed by atoms with Crippen LogP contribution in [0.25, 0.3) is 0 Å². The Morgan fingerprint density at radius 2 is 2.12 bits per heavy atom. The Kier molecular flexibility index (Phi) is 4.39. The Balaban J connectivity index is 1.82. The van der Waals surface area contributed by atoms with Crippen LogP contribution in [-0.2, 0) is 11.3 Å². The zero-order valence-corrected chi connectivity index (χ0v) is 12.1. The summed E-state index contributed by atoms with van der Waals surface area (Å²) in [6, 6.07) is 8.96. The lowest BCUT2D eigenvalue weighted by molar-refractivity contribution is -0.132. The highest BCUT2D eigenvalue weighted by atomic mass is 127. The van der Waals surface area contributed by atoms with Crippen LogP contribution in [0.5, 0.6) is 0 Å².